The molecule has 0 aliphatic rings. The van der Waals surface area contributed by atoms with E-state index in [4.69, 9.17) is 4.74 Å². The third kappa shape index (κ3) is 7.27. The average molecular weight is 380 g/mol. The molecule has 2 atom stereocenters. The molecule has 0 saturated heterocycles. The zero-order chi connectivity index (χ0) is 20.4. The molecule has 5 nitrogen and oxygen atoms in total. The molecule has 0 spiro atoms. The molecule has 0 aliphatic carbocycles. The molecular formula is C23H28N2O3. The fourth-order valence-electron chi connectivity index (χ4n) is 2.68. The molecule has 2 N–H and O–H groups in total. The van der Waals surface area contributed by atoms with Crippen LogP contribution in [0.15, 0.2) is 60.7 Å². The van der Waals surface area contributed by atoms with Crippen molar-refractivity contribution in [2.45, 2.75) is 38.8 Å². The quantitative estimate of drug-likeness (QED) is 0.656. The molecule has 5 heteroatoms. The van der Waals surface area contributed by atoms with Gasteiger partial charge in [-0.3, -0.25) is 9.59 Å². The molecule has 28 heavy (non-hydrogen) atoms. The van der Waals surface area contributed by atoms with E-state index in [1.165, 1.54) is 11.6 Å². The van der Waals surface area contributed by atoms with Gasteiger partial charge in [0, 0.05) is 12.1 Å². The van der Waals surface area contributed by atoms with Crippen molar-refractivity contribution in [1.82, 2.24) is 10.6 Å². The molecule has 2 amide bonds. The van der Waals surface area contributed by atoms with Crippen LogP contribution in [0, 0.1) is 0 Å². The first-order valence-corrected chi connectivity index (χ1v) is 9.45. The van der Waals surface area contributed by atoms with Crippen LogP contribution in [0.4, 0.5) is 0 Å². The van der Waals surface area contributed by atoms with Gasteiger partial charge in [0.15, 0.2) is 0 Å². The van der Waals surface area contributed by atoms with E-state index in [2.05, 4.69) is 22.8 Å². The van der Waals surface area contributed by atoms with Gasteiger partial charge in [0.05, 0.1) is 7.11 Å². The number of nitrogens with one attached hydrogen (secondary N) is 2. The van der Waals surface area contributed by atoms with E-state index in [-0.39, 0.29) is 17.9 Å². The van der Waals surface area contributed by atoms with Crippen molar-refractivity contribution >= 4 is 17.9 Å². The topological polar surface area (TPSA) is 67.4 Å². The fraction of sp³-hybridized carbons (Fsp3) is 0.304. The summed E-state index contributed by atoms with van der Waals surface area (Å²) in [5.74, 6) is 0.260. The Morgan fingerprint density at radius 2 is 1.68 bits per heavy atom. The predicted molar refractivity (Wildman–Crippen MR) is 112 cm³/mol. The monoisotopic (exact) mass is 380 g/mol. The summed E-state index contributed by atoms with van der Waals surface area (Å²) < 4.78 is 5.10. The van der Waals surface area contributed by atoms with Crippen LogP contribution in [0.3, 0.4) is 0 Å². The van der Waals surface area contributed by atoms with Gasteiger partial charge in [0.1, 0.15) is 11.8 Å². The van der Waals surface area contributed by atoms with E-state index in [1.54, 1.807) is 20.1 Å². The summed E-state index contributed by atoms with van der Waals surface area (Å²) in [7, 11) is 1.60. The van der Waals surface area contributed by atoms with E-state index < -0.39 is 6.04 Å². The smallest absolute Gasteiger partial charge is 0.244 e. The van der Waals surface area contributed by atoms with Crippen molar-refractivity contribution in [2.24, 2.45) is 0 Å². The predicted octanol–water partition coefficient (Wildman–Crippen LogP) is 3.35. The maximum atomic E-state index is 12.3. The van der Waals surface area contributed by atoms with Gasteiger partial charge in [-0.15, -0.1) is 0 Å². The molecule has 2 aromatic carbocycles. The van der Waals surface area contributed by atoms with E-state index >= 15 is 0 Å². The fourth-order valence-corrected chi connectivity index (χ4v) is 2.68. The zero-order valence-corrected chi connectivity index (χ0v) is 16.6. The van der Waals surface area contributed by atoms with Crippen molar-refractivity contribution in [3.63, 3.8) is 0 Å². The highest BCUT2D eigenvalue weighted by Crippen LogP contribution is 2.12. The van der Waals surface area contributed by atoms with Crippen molar-refractivity contribution in [1.29, 1.82) is 0 Å². The molecule has 2 rings (SSSR count). The summed E-state index contributed by atoms with van der Waals surface area (Å²) in [5.41, 5.74) is 2.12. The maximum Gasteiger partial charge on any atom is 0.244 e. The molecule has 0 radical (unpaired) electrons. The molecule has 2 aromatic rings. The van der Waals surface area contributed by atoms with Crippen LogP contribution in [0.1, 0.15) is 31.4 Å². The zero-order valence-electron chi connectivity index (χ0n) is 16.6. The van der Waals surface area contributed by atoms with Gasteiger partial charge in [-0.2, -0.15) is 0 Å². The second kappa shape index (κ2) is 10.9. The number of hydrogen-bond acceptors (Lipinski definition) is 3. The second-order valence-corrected chi connectivity index (χ2v) is 6.77. The van der Waals surface area contributed by atoms with Gasteiger partial charge in [-0.1, -0.05) is 42.5 Å². The lowest BCUT2D eigenvalue weighted by atomic mass is 10.1. The van der Waals surface area contributed by atoms with Crippen LogP contribution >= 0.6 is 0 Å². The Morgan fingerprint density at radius 1 is 1.00 bits per heavy atom. The standard InChI is InChI=1S/C23H28N2O3/c1-17(9-10-19-7-5-4-6-8-19)24-23(27)18(2)25-22(26)16-13-20-11-14-21(28-3)15-12-20/h4-8,11-18H,9-10H2,1-3H3,(H,24,27)(H,25,26)/b16-13+. The number of benzene rings is 2. The largest absolute Gasteiger partial charge is 0.497 e. The lowest BCUT2D eigenvalue weighted by Crippen LogP contribution is -2.47. The minimum Gasteiger partial charge on any atom is -0.497 e. The first kappa shape index (κ1) is 21.2. The molecular weight excluding hydrogens is 352 g/mol. The van der Waals surface area contributed by atoms with Gasteiger partial charge >= 0.3 is 0 Å². The minimum absolute atomic E-state index is 0.0295. The highest BCUT2D eigenvalue weighted by molar-refractivity contribution is 5.95. The van der Waals surface area contributed by atoms with E-state index in [0.29, 0.717) is 0 Å². The maximum absolute atomic E-state index is 12.3. The van der Waals surface area contributed by atoms with Crippen molar-refractivity contribution in [2.75, 3.05) is 7.11 Å². The van der Waals surface area contributed by atoms with Crippen LogP contribution in [-0.4, -0.2) is 31.0 Å². The van der Waals surface area contributed by atoms with Gasteiger partial charge < -0.3 is 15.4 Å². The molecule has 0 aromatic heterocycles. The Labute approximate surface area is 166 Å². The summed E-state index contributed by atoms with van der Waals surface area (Å²) in [6, 6.07) is 16.9. The number of amides is 2. The number of methoxy groups -OCH3 is 1. The number of ether oxygens (including phenoxy) is 1. The lowest BCUT2D eigenvalue weighted by Gasteiger charge is -2.18. The third-order valence-electron chi connectivity index (χ3n) is 4.39. The SMILES string of the molecule is COc1ccc(/C=C/C(=O)NC(C)C(=O)NC(C)CCc2ccccc2)cc1. The van der Waals surface area contributed by atoms with Crippen molar-refractivity contribution < 1.29 is 14.3 Å². The summed E-state index contributed by atoms with van der Waals surface area (Å²) in [5, 5.41) is 5.64. The van der Waals surface area contributed by atoms with Crippen LogP contribution in [0.5, 0.6) is 5.75 Å². The molecule has 148 valence electrons. The van der Waals surface area contributed by atoms with Crippen molar-refractivity contribution in [3.05, 3.63) is 71.8 Å². The third-order valence-corrected chi connectivity index (χ3v) is 4.39. The first-order valence-electron chi connectivity index (χ1n) is 9.45. The van der Waals surface area contributed by atoms with Gasteiger partial charge in [-0.05, 0) is 56.0 Å². The first-order chi connectivity index (χ1) is 13.5. The van der Waals surface area contributed by atoms with E-state index in [0.717, 1.165) is 24.2 Å². The average Bonchev–Trinajstić information content (AvgIpc) is 2.71. The van der Waals surface area contributed by atoms with Gasteiger partial charge in [0.2, 0.25) is 11.8 Å². The Hall–Kier alpha value is -3.08. The Bertz CT molecular complexity index is 785. The molecule has 0 fully saturated rings. The molecule has 0 aliphatic heterocycles. The van der Waals surface area contributed by atoms with Gasteiger partial charge in [0.25, 0.3) is 0 Å². The summed E-state index contributed by atoms with van der Waals surface area (Å²) in [6.07, 6.45) is 4.85. The molecule has 0 bridgehead atoms. The number of rotatable bonds is 9. The molecule has 2 unspecified atom stereocenters. The van der Waals surface area contributed by atoms with Crippen LogP contribution < -0.4 is 15.4 Å². The Morgan fingerprint density at radius 3 is 2.32 bits per heavy atom. The number of hydrogen-bond donors (Lipinski definition) is 2. The summed E-state index contributed by atoms with van der Waals surface area (Å²) in [6.45, 7) is 3.65. The number of carbonyl (C=O) groups is 2. The Kier molecular flexibility index (Phi) is 8.28. The molecule has 0 heterocycles. The number of aryl methyl sites for hydroxylation is 1. The highest BCUT2D eigenvalue weighted by Gasteiger charge is 2.16. The number of carbonyl (C=O) groups excluding carboxylic acids is 2. The lowest BCUT2D eigenvalue weighted by molar-refractivity contribution is -0.127. The van der Waals surface area contributed by atoms with E-state index in [9.17, 15) is 9.59 Å². The van der Waals surface area contributed by atoms with Crippen LogP contribution in [0.2, 0.25) is 0 Å². The minimum atomic E-state index is -0.604. The Balaban J connectivity index is 1.75. The summed E-state index contributed by atoms with van der Waals surface area (Å²) >= 11 is 0. The molecule has 0 saturated carbocycles. The van der Waals surface area contributed by atoms with Crippen LogP contribution in [-0.2, 0) is 16.0 Å². The summed E-state index contributed by atoms with van der Waals surface area (Å²) in [4.78, 5) is 24.3. The highest BCUT2D eigenvalue weighted by atomic mass is 16.5. The van der Waals surface area contributed by atoms with Crippen LogP contribution in [0.25, 0.3) is 6.08 Å². The normalized spacial score (nSPS) is 13.0. The van der Waals surface area contributed by atoms with E-state index in [1.807, 2.05) is 49.4 Å². The second-order valence-electron chi connectivity index (χ2n) is 6.77. The van der Waals surface area contributed by atoms with Crippen molar-refractivity contribution in [3.8, 4) is 5.75 Å². The van der Waals surface area contributed by atoms with Gasteiger partial charge in [-0.25, -0.2) is 0 Å².